The first-order chi connectivity index (χ1) is 5.93. The number of thioether (sulfide) groups is 1. The first kappa shape index (κ1) is 10.4. The van der Waals surface area contributed by atoms with Gasteiger partial charge in [-0.2, -0.15) is 11.8 Å². The van der Waals surface area contributed by atoms with Gasteiger partial charge in [0.1, 0.15) is 0 Å². The van der Waals surface area contributed by atoms with Crippen LogP contribution in [0.4, 0.5) is 0 Å². The molecule has 0 aromatic heterocycles. The zero-order valence-corrected chi connectivity index (χ0v) is 8.54. The molecule has 72 valence electrons. The number of rotatable bonds is 5. The van der Waals surface area contributed by atoms with Gasteiger partial charge in [-0.1, -0.05) is 0 Å². The van der Waals surface area contributed by atoms with Gasteiger partial charge in [-0.15, -0.1) is 0 Å². The van der Waals surface area contributed by atoms with Gasteiger partial charge >= 0.3 is 0 Å². The van der Waals surface area contributed by atoms with Crippen molar-refractivity contribution in [3.05, 3.63) is 0 Å². The molecule has 3 heteroatoms. The maximum Gasteiger partial charge on any atom is -0.00382 e. The molecule has 0 aliphatic carbocycles. The average molecular weight is 188 g/mol. The fraction of sp³-hybridized carbons (Fsp3) is 1.00. The van der Waals surface area contributed by atoms with Crippen LogP contribution in [0.25, 0.3) is 0 Å². The van der Waals surface area contributed by atoms with Crippen molar-refractivity contribution >= 4 is 11.8 Å². The lowest BCUT2D eigenvalue weighted by Gasteiger charge is -2.21. The van der Waals surface area contributed by atoms with E-state index in [1.54, 1.807) is 0 Å². The molecular weight excluding hydrogens is 168 g/mol. The summed E-state index contributed by atoms with van der Waals surface area (Å²) < 4.78 is 0. The predicted octanol–water partition coefficient (Wildman–Crippen LogP) is 1.07. The Hall–Kier alpha value is 0.270. The summed E-state index contributed by atoms with van der Waals surface area (Å²) in [6.45, 7) is 3.30. The summed E-state index contributed by atoms with van der Waals surface area (Å²) >= 11 is 2.08. The van der Waals surface area contributed by atoms with Crippen LogP contribution in [0.1, 0.15) is 19.3 Å². The minimum atomic E-state index is 0.846. The third-order valence-corrected chi connectivity index (χ3v) is 3.59. The summed E-state index contributed by atoms with van der Waals surface area (Å²) in [6, 6.07) is 0. The van der Waals surface area contributed by atoms with E-state index < -0.39 is 0 Å². The fourth-order valence-electron chi connectivity index (χ4n) is 1.48. The van der Waals surface area contributed by atoms with Crippen LogP contribution in [-0.4, -0.2) is 31.1 Å². The Kier molecular flexibility index (Phi) is 5.82. The molecular formula is C9H20N2S. The third kappa shape index (κ3) is 4.33. The number of piperidine rings is 1. The molecule has 0 bridgehead atoms. The molecule has 0 aromatic carbocycles. The summed E-state index contributed by atoms with van der Waals surface area (Å²) in [5.74, 6) is 3.57. The van der Waals surface area contributed by atoms with Crippen molar-refractivity contribution in [2.45, 2.75) is 19.3 Å². The van der Waals surface area contributed by atoms with Crippen molar-refractivity contribution in [3.63, 3.8) is 0 Å². The molecule has 1 saturated heterocycles. The highest BCUT2D eigenvalue weighted by atomic mass is 32.2. The van der Waals surface area contributed by atoms with E-state index in [1.807, 2.05) is 0 Å². The smallest absolute Gasteiger partial charge is 0.00382 e. The van der Waals surface area contributed by atoms with E-state index >= 15 is 0 Å². The monoisotopic (exact) mass is 188 g/mol. The SMILES string of the molecule is NCCCSCC1CCNCC1. The van der Waals surface area contributed by atoms with Crippen molar-refractivity contribution in [2.24, 2.45) is 11.7 Å². The van der Waals surface area contributed by atoms with Crippen LogP contribution in [0.5, 0.6) is 0 Å². The summed E-state index contributed by atoms with van der Waals surface area (Å²) in [5, 5.41) is 3.39. The number of nitrogens with one attached hydrogen (secondary N) is 1. The predicted molar refractivity (Wildman–Crippen MR) is 56.6 cm³/mol. The van der Waals surface area contributed by atoms with Crippen molar-refractivity contribution in [1.82, 2.24) is 5.32 Å². The second kappa shape index (κ2) is 6.75. The molecule has 0 unspecified atom stereocenters. The Labute approximate surface area is 79.7 Å². The molecule has 1 aliphatic heterocycles. The second-order valence-electron chi connectivity index (χ2n) is 3.41. The highest BCUT2D eigenvalue weighted by Gasteiger charge is 2.11. The van der Waals surface area contributed by atoms with Gasteiger partial charge in [0.25, 0.3) is 0 Å². The molecule has 0 spiro atoms. The van der Waals surface area contributed by atoms with E-state index in [0.717, 1.165) is 12.5 Å². The Morgan fingerprint density at radius 2 is 2.08 bits per heavy atom. The van der Waals surface area contributed by atoms with Gasteiger partial charge in [-0.3, -0.25) is 0 Å². The van der Waals surface area contributed by atoms with Gasteiger partial charge in [0.2, 0.25) is 0 Å². The fourth-order valence-corrected chi connectivity index (χ4v) is 2.69. The molecule has 12 heavy (non-hydrogen) atoms. The normalized spacial score (nSPS) is 19.8. The molecule has 1 fully saturated rings. The van der Waals surface area contributed by atoms with Crippen molar-refractivity contribution in [1.29, 1.82) is 0 Å². The summed E-state index contributed by atoms with van der Waals surface area (Å²) in [6.07, 6.45) is 3.92. The summed E-state index contributed by atoms with van der Waals surface area (Å²) in [5.41, 5.74) is 5.42. The van der Waals surface area contributed by atoms with Crippen molar-refractivity contribution < 1.29 is 0 Å². The van der Waals surface area contributed by atoms with Gasteiger partial charge in [0.05, 0.1) is 0 Å². The average Bonchev–Trinajstić information content (AvgIpc) is 2.14. The number of hydrogen-bond acceptors (Lipinski definition) is 3. The first-order valence-corrected chi connectivity index (χ1v) is 6.07. The standard InChI is InChI=1S/C9H20N2S/c10-4-1-7-12-8-9-2-5-11-6-3-9/h9,11H,1-8,10H2. The van der Waals surface area contributed by atoms with Crippen LogP contribution in [0, 0.1) is 5.92 Å². The molecule has 3 N–H and O–H groups in total. The lowest BCUT2D eigenvalue weighted by Crippen LogP contribution is -2.28. The number of nitrogens with two attached hydrogens (primary N) is 1. The molecule has 0 atom stereocenters. The van der Waals surface area contributed by atoms with E-state index in [1.165, 1.54) is 43.9 Å². The molecule has 0 aromatic rings. The lowest BCUT2D eigenvalue weighted by molar-refractivity contribution is 0.408. The highest BCUT2D eigenvalue weighted by molar-refractivity contribution is 7.99. The van der Waals surface area contributed by atoms with Crippen LogP contribution in [0.3, 0.4) is 0 Å². The highest BCUT2D eigenvalue weighted by Crippen LogP contribution is 2.17. The van der Waals surface area contributed by atoms with E-state index in [0.29, 0.717) is 0 Å². The van der Waals surface area contributed by atoms with Gasteiger partial charge in [-0.25, -0.2) is 0 Å². The van der Waals surface area contributed by atoms with Crippen LogP contribution in [0.2, 0.25) is 0 Å². The van der Waals surface area contributed by atoms with Gasteiger partial charge in [0.15, 0.2) is 0 Å². The minimum absolute atomic E-state index is 0.846. The Bertz CT molecular complexity index is 103. The molecule has 1 aliphatic rings. The largest absolute Gasteiger partial charge is 0.330 e. The quantitative estimate of drug-likeness (QED) is 0.634. The van der Waals surface area contributed by atoms with E-state index in [4.69, 9.17) is 5.73 Å². The van der Waals surface area contributed by atoms with E-state index in [9.17, 15) is 0 Å². The van der Waals surface area contributed by atoms with Crippen molar-refractivity contribution in [3.8, 4) is 0 Å². The molecule has 2 nitrogen and oxygen atoms in total. The first-order valence-electron chi connectivity index (χ1n) is 4.92. The van der Waals surface area contributed by atoms with E-state index in [2.05, 4.69) is 17.1 Å². The van der Waals surface area contributed by atoms with Crippen LogP contribution >= 0.6 is 11.8 Å². The topological polar surface area (TPSA) is 38.0 Å². The summed E-state index contributed by atoms with van der Waals surface area (Å²) in [7, 11) is 0. The molecule has 0 amide bonds. The minimum Gasteiger partial charge on any atom is -0.330 e. The number of hydrogen-bond donors (Lipinski definition) is 2. The van der Waals surface area contributed by atoms with E-state index in [-0.39, 0.29) is 0 Å². The Morgan fingerprint density at radius 1 is 1.33 bits per heavy atom. The third-order valence-electron chi connectivity index (χ3n) is 2.31. The van der Waals surface area contributed by atoms with Gasteiger partial charge in [0, 0.05) is 0 Å². The maximum absolute atomic E-state index is 5.42. The van der Waals surface area contributed by atoms with Crippen LogP contribution in [-0.2, 0) is 0 Å². The molecule has 0 saturated carbocycles. The zero-order valence-electron chi connectivity index (χ0n) is 7.72. The van der Waals surface area contributed by atoms with Gasteiger partial charge in [-0.05, 0) is 56.3 Å². The zero-order chi connectivity index (χ0) is 8.65. The molecule has 1 rings (SSSR count). The maximum atomic E-state index is 5.42. The van der Waals surface area contributed by atoms with Crippen LogP contribution in [0.15, 0.2) is 0 Å². The Balaban J connectivity index is 1.91. The second-order valence-corrected chi connectivity index (χ2v) is 4.56. The molecule has 0 radical (unpaired) electrons. The van der Waals surface area contributed by atoms with Gasteiger partial charge < -0.3 is 11.1 Å². The molecule has 1 heterocycles. The Morgan fingerprint density at radius 3 is 2.75 bits per heavy atom. The summed E-state index contributed by atoms with van der Waals surface area (Å²) in [4.78, 5) is 0. The van der Waals surface area contributed by atoms with Crippen molar-refractivity contribution in [2.75, 3.05) is 31.1 Å². The van der Waals surface area contributed by atoms with Crippen LogP contribution < -0.4 is 11.1 Å². The lowest BCUT2D eigenvalue weighted by atomic mass is 10.0.